The Balaban J connectivity index is 1.95. The Bertz CT molecular complexity index is 669. The van der Waals surface area contributed by atoms with Gasteiger partial charge in [0.15, 0.2) is 0 Å². The highest BCUT2D eigenvalue weighted by Gasteiger charge is 2.20. The maximum absolute atomic E-state index is 12.2. The molecule has 2 rings (SSSR count). The van der Waals surface area contributed by atoms with E-state index < -0.39 is 0 Å². The first kappa shape index (κ1) is 17.5. The summed E-state index contributed by atoms with van der Waals surface area (Å²) in [5, 5.41) is 8.45. The van der Waals surface area contributed by atoms with Crippen LogP contribution in [0.1, 0.15) is 30.8 Å². The molecule has 3 amide bonds. The van der Waals surface area contributed by atoms with Crippen molar-refractivity contribution in [2.24, 2.45) is 7.05 Å². The number of imidazole rings is 1. The summed E-state index contributed by atoms with van der Waals surface area (Å²) in [5.74, 6) is 0.688. The van der Waals surface area contributed by atoms with Crippen LogP contribution in [0.2, 0.25) is 0 Å². The van der Waals surface area contributed by atoms with Crippen molar-refractivity contribution in [2.45, 2.75) is 19.4 Å². The Hall–Kier alpha value is -2.83. The van der Waals surface area contributed by atoms with E-state index in [0.29, 0.717) is 19.5 Å². The molecular weight excluding hydrogens is 306 g/mol. The topological polar surface area (TPSA) is 88.1 Å². The fourth-order valence-corrected chi connectivity index (χ4v) is 2.33. The van der Waals surface area contributed by atoms with Gasteiger partial charge in [0.05, 0.1) is 0 Å². The van der Waals surface area contributed by atoms with Crippen LogP contribution >= 0.6 is 0 Å². The van der Waals surface area contributed by atoms with Gasteiger partial charge in [-0.25, -0.2) is 9.78 Å². The SMILES string of the molecule is CC(=O)NCCCNC(=O)N[C@H](c1ccccc1)c1nccn1C. The number of rotatable bonds is 7. The summed E-state index contributed by atoms with van der Waals surface area (Å²) >= 11 is 0. The lowest BCUT2D eigenvalue weighted by molar-refractivity contribution is -0.118. The average molecular weight is 329 g/mol. The number of amides is 3. The zero-order valence-electron chi connectivity index (χ0n) is 14.0. The van der Waals surface area contributed by atoms with Gasteiger partial charge in [-0.15, -0.1) is 0 Å². The number of carbonyl (C=O) groups excluding carboxylic acids is 2. The molecule has 2 aromatic rings. The molecule has 3 N–H and O–H groups in total. The molecule has 0 unspecified atom stereocenters. The van der Waals surface area contributed by atoms with Crippen molar-refractivity contribution in [3.63, 3.8) is 0 Å². The predicted molar refractivity (Wildman–Crippen MR) is 91.3 cm³/mol. The van der Waals surface area contributed by atoms with Gasteiger partial charge >= 0.3 is 6.03 Å². The van der Waals surface area contributed by atoms with E-state index in [-0.39, 0.29) is 18.0 Å². The molecule has 0 spiro atoms. The molecule has 1 heterocycles. The van der Waals surface area contributed by atoms with E-state index in [9.17, 15) is 9.59 Å². The monoisotopic (exact) mass is 329 g/mol. The summed E-state index contributed by atoms with van der Waals surface area (Å²) in [6.45, 7) is 2.49. The Labute approximate surface area is 141 Å². The molecule has 7 heteroatoms. The Morgan fingerprint density at radius 3 is 2.50 bits per heavy atom. The van der Waals surface area contributed by atoms with E-state index in [1.807, 2.05) is 48.1 Å². The average Bonchev–Trinajstić information content (AvgIpc) is 2.98. The summed E-state index contributed by atoms with van der Waals surface area (Å²) in [4.78, 5) is 27.3. The molecule has 24 heavy (non-hydrogen) atoms. The van der Waals surface area contributed by atoms with Gasteiger partial charge in [0.2, 0.25) is 5.91 Å². The van der Waals surface area contributed by atoms with Crippen molar-refractivity contribution in [2.75, 3.05) is 13.1 Å². The van der Waals surface area contributed by atoms with Crippen molar-refractivity contribution in [3.05, 3.63) is 54.1 Å². The first-order chi connectivity index (χ1) is 11.6. The second-order valence-electron chi connectivity index (χ2n) is 5.48. The third-order valence-corrected chi connectivity index (χ3v) is 3.54. The van der Waals surface area contributed by atoms with E-state index in [4.69, 9.17) is 0 Å². The lowest BCUT2D eigenvalue weighted by Gasteiger charge is -2.19. The van der Waals surface area contributed by atoms with Gasteiger partial charge in [0, 0.05) is 39.5 Å². The lowest BCUT2D eigenvalue weighted by atomic mass is 10.1. The van der Waals surface area contributed by atoms with Gasteiger partial charge < -0.3 is 20.5 Å². The van der Waals surface area contributed by atoms with Gasteiger partial charge in [-0.2, -0.15) is 0 Å². The standard InChI is InChI=1S/C17H23N5O2/c1-13(23)18-9-6-10-20-17(24)21-15(14-7-4-3-5-8-14)16-19-11-12-22(16)2/h3-5,7-8,11-12,15H,6,9-10H2,1-2H3,(H,18,23)(H2,20,21,24)/t15-/m1/s1. The molecule has 0 bridgehead atoms. The highest BCUT2D eigenvalue weighted by molar-refractivity contribution is 5.75. The van der Waals surface area contributed by atoms with Gasteiger partial charge in [-0.3, -0.25) is 4.79 Å². The number of hydrogen-bond donors (Lipinski definition) is 3. The van der Waals surface area contributed by atoms with Crippen molar-refractivity contribution in [1.82, 2.24) is 25.5 Å². The minimum absolute atomic E-state index is 0.0709. The largest absolute Gasteiger partial charge is 0.356 e. The maximum Gasteiger partial charge on any atom is 0.315 e. The van der Waals surface area contributed by atoms with E-state index in [1.165, 1.54) is 6.92 Å². The molecule has 1 aromatic heterocycles. The summed E-state index contributed by atoms with van der Waals surface area (Å²) < 4.78 is 1.88. The molecule has 0 aliphatic carbocycles. The first-order valence-electron chi connectivity index (χ1n) is 7.89. The van der Waals surface area contributed by atoms with Crippen LogP contribution in [0.15, 0.2) is 42.7 Å². The van der Waals surface area contributed by atoms with Gasteiger partial charge in [0.25, 0.3) is 0 Å². The van der Waals surface area contributed by atoms with Crippen LogP contribution in [0.25, 0.3) is 0 Å². The minimum Gasteiger partial charge on any atom is -0.356 e. The van der Waals surface area contributed by atoms with Crippen LogP contribution in [0.4, 0.5) is 4.79 Å². The Morgan fingerprint density at radius 2 is 1.88 bits per heavy atom. The molecule has 0 saturated heterocycles. The third-order valence-electron chi connectivity index (χ3n) is 3.54. The zero-order chi connectivity index (χ0) is 17.4. The molecule has 7 nitrogen and oxygen atoms in total. The van der Waals surface area contributed by atoms with Crippen LogP contribution in [-0.2, 0) is 11.8 Å². The van der Waals surface area contributed by atoms with Crippen LogP contribution < -0.4 is 16.0 Å². The number of carbonyl (C=O) groups is 2. The number of aromatic nitrogens is 2. The van der Waals surface area contributed by atoms with E-state index in [2.05, 4.69) is 20.9 Å². The summed E-state index contributed by atoms with van der Waals surface area (Å²) in [6, 6.07) is 9.10. The van der Waals surface area contributed by atoms with Crippen LogP contribution in [0.3, 0.4) is 0 Å². The second kappa shape index (κ2) is 8.71. The molecule has 128 valence electrons. The van der Waals surface area contributed by atoms with Crippen LogP contribution in [0.5, 0.6) is 0 Å². The fourth-order valence-electron chi connectivity index (χ4n) is 2.33. The second-order valence-corrected chi connectivity index (χ2v) is 5.48. The van der Waals surface area contributed by atoms with Gasteiger partial charge in [-0.1, -0.05) is 30.3 Å². The number of hydrogen-bond acceptors (Lipinski definition) is 3. The van der Waals surface area contributed by atoms with E-state index in [0.717, 1.165) is 11.4 Å². The quantitative estimate of drug-likeness (QED) is 0.670. The zero-order valence-corrected chi connectivity index (χ0v) is 14.0. The first-order valence-corrected chi connectivity index (χ1v) is 7.89. The number of nitrogens with one attached hydrogen (secondary N) is 3. The third kappa shape index (κ3) is 5.12. The minimum atomic E-state index is -0.332. The van der Waals surface area contributed by atoms with E-state index >= 15 is 0 Å². The molecule has 0 aliphatic heterocycles. The van der Waals surface area contributed by atoms with Gasteiger partial charge in [0.1, 0.15) is 11.9 Å². The number of aryl methyl sites for hydroxylation is 1. The van der Waals surface area contributed by atoms with Crippen LogP contribution in [0, 0.1) is 0 Å². The molecule has 0 saturated carbocycles. The van der Waals surface area contributed by atoms with Crippen molar-refractivity contribution in [3.8, 4) is 0 Å². The van der Waals surface area contributed by atoms with Crippen molar-refractivity contribution < 1.29 is 9.59 Å². The number of benzene rings is 1. The van der Waals surface area contributed by atoms with Crippen molar-refractivity contribution >= 4 is 11.9 Å². The number of urea groups is 1. The maximum atomic E-state index is 12.2. The molecule has 1 aromatic carbocycles. The summed E-state index contributed by atoms with van der Waals surface area (Å²) in [7, 11) is 1.89. The molecule has 1 atom stereocenters. The molecule has 0 radical (unpaired) electrons. The molecule has 0 fully saturated rings. The van der Waals surface area contributed by atoms with Crippen molar-refractivity contribution in [1.29, 1.82) is 0 Å². The van der Waals surface area contributed by atoms with Gasteiger partial charge in [-0.05, 0) is 12.0 Å². The molecule has 0 aliphatic rings. The summed E-state index contributed by atoms with van der Waals surface area (Å²) in [5.41, 5.74) is 0.959. The smallest absolute Gasteiger partial charge is 0.315 e. The van der Waals surface area contributed by atoms with Crippen LogP contribution in [-0.4, -0.2) is 34.6 Å². The Morgan fingerprint density at radius 1 is 1.17 bits per heavy atom. The Kier molecular flexibility index (Phi) is 6.36. The lowest BCUT2D eigenvalue weighted by Crippen LogP contribution is -2.40. The highest BCUT2D eigenvalue weighted by Crippen LogP contribution is 2.19. The number of nitrogens with zero attached hydrogens (tertiary/aromatic N) is 2. The predicted octanol–water partition coefficient (Wildman–Crippen LogP) is 1.33. The molecular formula is C17H23N5O2. The normalized spacial score (nSPS) is 11.6. The van der Waals surface area contributed by atoms with E-state index in [1.54, 1.807) is 6.20 Å². The fraction of sp³-hybridized carbons (Fsp3) is 0.353. The summed E-state index contributed by atoms with van der Waals surface area (Å²) in [6.07, 6.45) is 4.22. The highest BCUT2D eigenvalue weighted by atomic mass is 16.2.